The van der Waals surface area contributed by atoms with Gasteiger partial charge in [0.1, 0.15) is 5.65 Å². The van der Waals surface area contributed by atoms with Crippen molar-refractivity contribution in [1.82, 2.24) is 14.4 Å². The van der Waals surface area contributed by atoms with Crippen molar-refractivity contribution in [2.75, 3.05) is 5.32 Å². The Morgan fingerprint density at radius 2 is 2.32 bits per heavy atom. The molecule has 19 heavy (non-hydrogen) atoms. The van der Waals surface area contributed by atoms with Crippen molar-refractivity contribution in [1.29, 1.82) is 0 Å². The number of nitrogens with zero attached hydrogens (tertiary/aromatic N) is 3. The summed E-state index contributed by atoms with van der Waals surface area (Å²) in [5.41, 5.74) is 1.46. The van der Waals surface area contributed by atoms with Gasteiger partial charge in [-0.3, -0.25) is 4.79 Å². The zero-order valence-electron chi connectivity index (χ0n) is 9.71. The summed E-state index contributed by atoms with van der Waals surface area (Å²) in [4.78, 5) is 20.1. The summed E-state index contributed by atoms with van der Waals surface area (Å²) in [5, 5.41) is 5.75. The van der Waals surface area contributed by atoms with E-state index in [9.17, 15) is 4.79 Å². The number of carbonyl (C=O) groups excluding carboxylic acids is 1. The number of rotatable bonds is 3. The van der Waals surface area contributed by atoms with Crippen LogP contribution in [0.25, 0.3) is 5.65 Å². The second-order valence-corrected chi connectivity index (χ2v) is 5.24. The van der Waals surface area contributed by atoms with Crippen LogP contribution < -0.4 is 5.32 Å². The smallest absolute Gasteiger partial charge is 0.232 e. The normalized spacial score (nSPS) is 10.8. The van der Waals surface area contributed by atoms with Gasteiger partial charge in [-0.2, -0.15) is 0 Å². The lowest BCUT2D eigenvalue weighted by atomic mass is 10.3. The van der Waals surface area contributed by atoms with E-state index in [2.05, 4.69) is 15.3 Å². The maximum absolute atomic E-state index is 11.8. The predicted molar refractivity (Wildman–Crippen MR) is 74.6 cm³/mol. The first kappa shape index (κ1) is 12.1. The van der Waals surface area contributed by atoms with E-state index in [0.717, 1.165) is 5.65 Å². The number of pyridine rings is 1. The molecule has 0 unspecified atom stereocenters. The fraction of sp³-hybridized carbons (Fsp3) is 0.0833. The summed E-state index contributed by atoms with van der Waals surface area (Å²) in [5.74, 6) is -0.135. The molecule has 3 rings (SSSR count). The van der Waals surface area contributed by atoms with E-state index in [-0.39, 0.29) is 12.3 Å². The lowest BCUT2D eigenvalue weighted by molar-refractivity contribution is -0.115. The average molecular weight is 293 g/mol. The maximum Gasteiger partial charge on any atom is 0.232 e. The van der Waals surface area contributed by atoms with E-state index in [1.807, 2.05) is 11.4 Å². The van der Waals surface area contributed by atoms with Gasteiger partial charge in [-0.15, -0.1) is 11.3 Å². The third-order valence-corrected chi connectivity index (χ3v) is 3.40. The number of thiazole rings is 1. The molecule has 0 saturated heterocycles. The van der Waals surface area contributed by atoms with E-state index in [1.54, 1.807) is 29.1 Å². The van der Waals surface area contributed by atoms with Gasteiger partial charge < -0.3 is 9.72 Å². The number of hydrogen-bond donors (Lipinski definition) is 1. The molecule has 0 spiro atoms. The minimum absolute atomic E-state index is 0.135. The molecule has 0 saturated carbocycles. The molecule has 0 atom stereocenters. The highest BCUT2D eigenvalue weighted by atomic mass is 35.5. The second kappa shape index (κ2) is 4.99. The van der Waals surface area contributed by atoms with Crippen molar-refractivity contribution in [3.8, 4) is 0 Å². The van der Waals surface area contributed by atoms with Crippen LogP contribution in [0.1, 0.15) is 5.69 Å². The highest BCUT2D eigenvalue weighted by molar-refractivity contribution is 7.13. The minimum atomic E-state index is -0.135. The third kappa shape index (κ3) is 2.74. The summed E-state index contributed by atoms with van der Waals surface area (Å²) in [7, 11) is 0. The lowest BCUT2D eigenvalue weighted by Crippen LogP contribution is -2.14. The van der Waals surface area contributed by atoms with Crippen LogP contribution >= 0.6 is 22.9 Å². The summed E-state index contributed by atoms with van der Waals surface area (Å²) < 4.78 is 1.80. The van der Waals surface area contributed by atoms with Crippen LogP contribution in [0.3, 0.4) is 0 Å². The molecule has 0 aliphatic rings. The molecular weight excluding hydrogens is 284 g/mol. The highest BCUT2D eigenvalue weighted by Crippen LogP contribution is 2.13. The Hall–Kier alpha value is -1.92. The number of imidazole rings is 1. The molecule has 3 aromatic rings. The third-order valence-electron chi connectivity index (χ3n) is 2.49. The minimum Gasteiger partial charge on any atom is -0.305 e. The SMILES string of the molecule is O=C(Cc1cn2cc(Cl)ccc2n1)Nc1nccs1. The van der Waals surface area contributed by atoms with Gasteiger partial charge in [0.05, 0.1) is 17.1 Å². The van der Waals surface area contributed by atoms with Crippen LogP contribution in [-0.4, -0.2) is 20.3 Å². The fourth-order valence-electron chi connectivity index (χ4n) is 1.72. The van der Waals surface area contributed by atoms with Crippen LogP contribution in [0.4, 0.5) is 5.13 Å². The molecule has 5 nitrogen and oxygen atoms in total. The lowest BCUT2D eigenvalue weighted by Gasteiger charge is -1.98. The molecule has 3 heterocycles. The number of aromatic nitrogens is 3. The highest BCUT2D eigenvalue weighted by Gasteiger charge is 2.09. The molecule has 96 valence electrons. The summed E-state index contributed by atoms with van der Waals surface area (Å²) in [6, 6.07) is 3.58. The van der Waals surface area contributed by atoms with Crippen molar-refractivity contribution in [2.24, 2.45) is 0 Å². The van der Waals surface area contributed by atoms with E-state index >= 15 is 0 Å². The van der Waals surface area contributed by atoms with E-state index in [4.69, 9.17) is 11.6 Å². The number of nitrogens with one attached hydrogen (secondary N) is 1. The Balaban J connectivity index is 1.76. The molecule has 1 N–H and O–H groups in total. The van der Waals surface area contributed by atoms with Crippen molar-refractivity contribution >= 4 is 39.6 Å². The van der Waals surface area contributed by atoms with Gasteiger partial charge >= 0.3 is 0 Å². The van der Waals surface area contributed by atoms with E-state index in [0.29, 0.717) is 15.8 Å². The quantitative estimate of drug-likeness (QED) is 0.807. The molecule has 0 bridgehead atoms. The van der Waals surface area contributed by atoms with E-state index in [1.165, 1.54) is 11.3 Å². The van der Waals surface area contributed by atoms with Gasteiger partial charge in [-0.25, -0.2) is 9.97 Å². The number of carbonyl (C=O) groups is 1. The first-order chi connectivity index (χ1) is 9.20. The standard InChI is InChI=1S/C12H9ClN4OS/c13-8-1-2-10-15-9(7-17(10)6-8)5-11(18)16-12-14-3-4-19-12/h1-4,6-7H,5H2,(H,14,16,18). The Bertz CT molecular complexity index is 722. The largest absolute Gasteiger partial charge is 0.305 e. The van der Waals surface area contributed by atoms with Gasteiger partial charge in [0.25, 0.3) is 0 Å². The summed E-state index contributed by atoms with van der Waals surface area (Å²) in [6.45, 7) is 0. The zero-order chi connectivity index (χ0) is 13.2. The molecular formula is C12H9ClN4OS. The zero-order valence-corrected chi connectivity index (χ0v) is 11.3. The molecule has 0 aromatic carbocycles. The summed E-state index contributed by atoms with van der Waals surface area (Å²) in [6.07, 6.45) is 5.40. The number of anilines is 1. The second-order valence-electron chi connectivity index (χ2n) is 3.91. The molecule has 0 aliphatic heterocycles. The monoisotopic (exact) mass is 292 g/mol. The van der Waals surface area contributed by atoms with Crippen molar-refractivity contribution in [3.05, 3.63) is 46.8 Å². The van der Waals surface area contributed by atoms with Crippen molar-refractivity contribution < 1.29 is 4.79 Å². The van der Waals surface area contributed by atoms with Gasteiger partial charge in [0.15, 0.2) is 5.13 Å². The molecule has 0 aliphatic carbocycles. The topological polar surface area (TPSA) is 59.3 Å². The molecule has 0 fully saturated rings. The Morgan fingerprint density at radius 3 is 3.11 bits per heavy atom. The Labute approximate surface area is 117 Å². The molecule has 7 heteroatoms. The van der Waals surface area contributed by atoms with Crippen LogP contribution in [0.15, 0.2) is 36.1 Å². The fourth-order valence-corrected chi connectivity index (χ4v) is 2.43. The Kier molecular flexibility index (Phi) is 3.18. The van der Waals surface area contributed by atoms with E-state index < -0.39 is 0 Å². The van der Waals surface area contributed by atoms with Gasteiger partial charge in [-0.05, 0) is 12.1 Å². The van der Waals surface area contributed by atoms with Crippen LogP contribution in [0, 0.1) is 0 Å². The summed E-state index contributed by atoms with van der Waals surface area (Å²) >= 11 is 7.28. The Morgan fingerprint density at radius 1 is 1.42 bits per heavy atom. The first-order valence-electron chi connectivity index (χ1n) is 5.53. The van der Waals surface area contributed by atoms with Gasteiger partial charge in [-0.1, -0.05) is 11.6 Å². The average Bonchev–Trinajstić information content (AvgIpc) is 2.97. The maximum atomic E-state index is 11.8. The van der Waals surface area contributed by atoms with Crippen LogP contribution in [0.5, 0.6) is 0 Å². The first-order valence-corrected chi connectivity index (χ1v) is 6.79. The molecule has 1 amide bonds. The van der Waals surface area contributed by atoms with Crippen LogP contribution in [-0.2, 0) is 11.2 Å². The predicted octanol–water partition coefficient (Wildman–Crippen LogP) is 2.63. The van der Waals surface area contributed by atoms with Crippen molar-refractivity contribution in [2.45, 2.75) is 6.42 Å². The molecule has 0 radical (unpaired) electrons. The number of fused-ring (bicyclic) bond motifs is 1. The van der Waals surface area contributed by atoms with Crippen molar-refractivity contribution in [3.63, 3.8) is 0 Å². The van der Waals surface area contributed by atoms with Gasteiger partial charge in [0, 0.05) is 24.0 Å². The number of amides is 1. The number of hydrogen-bond acceptors (Lipinski definition) is 4. The number of halogens is 1. The molecule has 3 aromatic heterocycles. The van der Waals surface area contributed by atoms with Gasteiger partial charge in [0.2, 0.25) is 5.91 Å². The van der Waals surface area contributed by atoms with Crippen LogP contribution in [0.2, 0.25) is 5.02 Å².